The number of hydrogen-bond donors (Lipinski definition) is 1. The number of nitrogens with one attached hydrogen (secondary N) is 1. The summed E-state index contributed by atoms with van der Waals surface area (Å²) in [4.78, 5) is 12.1. The Labute approximate surface area is 148 Å². The van der Waals surface area contributed by atoms with Crippen molar-refractivity contribution in [2.45, 2.75) is 13.3 Å². The summed E-state index contributed by atoms with van der Waals surface area (Å²) >= 11 is 3.37. The van der Waals surface area contributed by atoms with Crippen LogP contribution in [0.15, 0.2) is 57.4 Å². The quantitative estimate of drug-likeness (QED) is 0.725. The molecule has 0 spiro atoms. The maximum Gasteiger partial charge on any atom is 0.252 e. The molecule has 1 amide bonds. The Morgan fingerprint density at radius 1 is 1.17 bits per heavy atom. The molecule has 0 atom stereocenters. The largest absolute Gasteiger partial charge is 0.421 e. The van der Waals surface area contributed by atoms with E-state index in [1.54, 1.807) is 6.07 Å². The lowest BCUT2D eigenvalue weighted by Crippen LogP contribution is -2.26. The van der Waals surface area contributed by atoms with Crippen LogP contribution in [-0.4, -0.2) is 22.6 Å². The van der Waals surface area contributed by atoms with Crippen molar-refractivity contribution in [2.24, 2.45) is 0 Å². The maximum atomic E-state index is 12.1. The molecule has 0 fully saturated rings. The number of aromatic nitrogens is 2. The number of aryl methyl sites for hydroxylation is 1. The summed E-state index contributed by atoms with van der Waals surface area (Å²) in [7, 11) is 0. The molecule has 1 N–H and O–H groups in total. The molecule has 2 aromatic carbocycles. The van der Waals surface area contributed by atoms with Crippen molar-refractivity contribution in [2.75, 3.05) is 6.54 Å². The Hall–Kier alpha value is -2.47. The molecule has 6 heteroatoms. The van der Waals surface area contributed by atoms with Crippen LogP contribution in [-0.2, 0) is 6.42 Å². The second-order valence-electron chi connectivity index (χ2n) is 5.36. The Morgan fingerprint density at radius 3 is 2.79 bits per heavy atom. The van der Waals surface area contributed by atoms with Crippen LogP contribution in [0.4, 0.5) is 0 Å². The van der Waals surface area contributed by atoms with Gasteiger partial charge in [0.1, 0.15) is 0 Å². The standard InChI is InChI=1S/C18H16BrN3O2/c1-12-5-4-6-13(11-12)18-22-21-16(24-18)9-10-20-17(23)14-7-2-3-8-15(14)19/h2-8,11H,9-10H2,1H3,(H,20,23). The van der Waals surface area contributed by atoms with Gasteiger partial charge in [-0.2, -0.15) is 0 Å². The van der Waals surface area contributed by atoms with Gasteiger partial charge >= 0.3 is 0 Å². The Morgan fingerprint density at radius 2 is 2.00 bits per heavy atom. The molecular weight excluding hydrogens is 370 g/mol. The number of amides is 1. The van der Waals surface area contributed by atoms with Gasteiger partial charge in [-0.3, -0.25) is 4.79 Å². The van der Waals surface area contributed by atoms with Crippen LogP contribution < -0.4 is 5.32 Å². The van der Waals surface area contributed by atoms with Crippen LogP contribution in [0, 0.1) is 6.92 Å². The van der Waals surface area contributed by atoms with Crippen molar-refractivity contribution in [3.63, 3.8) is 0 Å². The molecular formula is C18H16BrN3O2. The Bertz CT molecular complexity index is 861. The van der Waals surface area contributed by atoms with Crippen molar-refractivity contribution < 1.29 is 9.21 Å². The van der Waals surface area contributed by atoms with Gasteiger partial charge in [-0.15, -0.1) is 10.2 Å². The third-order valence-corrected chi connectivity index (χ3v) is 4.17. The average Bonchev–Trinajstić information content (AvgIpc) is 3.04. The molecule has 1 aromatic heterocycles. The van der Waals surface area contributed by atoms with Gasteiger partial charge in [0.05, 0.1) is 5.56 Å². The molecule has 24 heavy (non-hydrogen) atoms. The van der Waals surface area contributed by atoms with Gasteiger partial charge in [-0.1, -0.05) is 29.8 Å². The molecule has 0 aliphatic carbocycles. The molecule has 5 nitrogen and oxygen atoms in total. The Kier molecular flexibility index (Phi) is 5.05. The first-order valence-electron chi connectivity index (χ1n) is 7.55. The van der Waals surface area contributed by atoms with Crippen molar-refractivity contribution >= 4 is 21.8 Å². The summed E-state index contributed by atoms with van der Waals surface area (Å²) in [6, 6.07) is 15.2. The van der Waals surface area contributed by atoms with Crippen molar-refractivity contribution in [1.29, 1.82) is 0 Å². The fraction of sp³-hybridized carbons (Fsp3) is 0.167. The van der Waals surface area contributed by atoms with Crippen LogP contribution >= 0.6 is 15.9 Å². The number of hydrogen-bond acceptors (Lipinski definition) is 4. The van der Waals surface area contributed by atoms with Gasteiger partial charge in [-0.25, -0.2) is 0 Å². The van der Waals surface area contributed by atoms with Crippen LogP contribution in [0.25, 0.3) is 11.5 Å². The highest BCUT2D eigenvalue weighted by atomic mass is 79.9. The minimum atomic E-state index is -0.138. The molecule has 0 radical (unpaired) electrons. The molecule has 3 aromatic rings. The van der Waals surface area contributed by atoms with E-state index in [1.807, 2.05) is 49.4 Å². The van der Waals surface area contributed by atoms with Crippen molar-refractivity contribution in [3.8, 4) is 11.5 Å². The van der Waals surface area contributed by atoms with Crippen molar-refractivity contribution in [1.82, 2.24) is 15.5 Å². The zero-order chi connectivity index (χ0) is 16.9. The third-order valence-electron chi connectivity index (χ3n) is 3.47. The number of carbonyl (C=O) groups is 1. The molecule has 122 valence electrons. The predicted molar refractivity (Wildman–Crippen MR) is 94.7 cm³/mol. The highest BCUT2D eigenvalue weighted by Crippen LogP contribution is 2.19. The monoisotopic (exact) mass is 385 g/mol. The van der Waals surface area contributed by atoms with Gasteiger partial charge in [0.2, 0.25) is 11.8 Å². The highest BCUT2D eigenvalue weighted by Gasteiger charge is 2.11. The lowest BCUT2D eigenvalue weighted by atomic mass is 10.1. The molecule has 0 unspecified atom stereocenters. The number of carbonyl (C=O) groups excluding carboxylic acids is 1. The van der Waals surface area contributed by atoms with Gasteiger partial charge in [0.15, 0.2) is 0 Å². The van der Waals surface area contributed by atoms with Crippen LogP contribution in [0.5, 0.6) is 0 Å². The summed E-state index contributed by atoms with van der Waals surface area (Å²) in [5, 5.41) is 10.9. The summed E-state index contributed by atoms with van der Waals surface area (Å²) in [6.45, 7) is 2.44. The first kappa shape index (κ1) is 16.4. The second-order valence-corrected chi connectivity index (χ2v) is 6.21. The molecule has 0 saturated heterocycles. The van der Waals surface area contributed by atoms with E-state index in [0.717, 1.165) is 15.6 Å². The molecule has 0 aliphatic rings. The first-order valence-corrected chi connectivity index (χ1v) is 8.35. The van der Waals surface area contributed by atoms with E-state index in [2.05, 4.69) is 31.4 Å². The lowest BCUT2D eigenvalue weighted by Gasteiger charge is -2.05. The second kappa shape index (κ2) is 7.40. The van der Waals surface area contributed by atoms with Gasteiger partial charge < -0.3 is 9.73 Å². The van der Waals surface area contributed by atoms with E-state index in [1.165, 1.54) is 0 Å². The average molecular weight is 386 g/mol. The van der Waals surface area contributed by atoms with E-state index < -0.39 is 0 Å². The minimum absolute atomic E-state index is 0.138. The van der Waals surface area contributed by atoms with Gasteiger partial charge in [0, 0.05) is 23.0 Å². The number of halogens is 1. The normalized spacial score (nSPS) is 10.6. The minimum Gasteiger partial charge on any atom is -0.421 e. The van der Waals surface area contributed by atoms with E-state index in [-0.39, 0.29) is 5.91 Å². The SMILES string of the molecule is Cc1cccc(-c2nnc(CCNC(=O)c3ccccc3Br)o2)c1. The molecule has 0 bridgehead atoms. The number of nitrogens with zero attached hydrogens (tertiary/aromatic N) is 2. The van der Waals surface area contributed by atoms with Gasteiger partial charge in [0.25, 0.3) is 5.91 Å². The first-order chi connectivity index (χ1) is 11.6. The van der Waals surface area contributed by atoms with E-state index in [9.17, 15) is 4.79 Å². The zero-order valence-corrected chi connectivity index (χ0v) is 14.7. The Balaban J connectivity index is 1.58. The third kappa shape index (κ3) is 3.89. The maximum absolute atomic E-state index is 12.1. The molecule has 0 saturated carbocycles. The van der Waals surface area contributed by atoms with E-state index >= 15 is 0 Å². The fourth-order valence-electron chi connectivity index (χ4n) is 2.27. The predicted octanol–water partition coefficient (Wildman–Crippen LogP) is 3.78. The smallest absolute Gasteiger partial charge is 0.252 e. The number of benzene rings is 2. The summed E-state index contributed by atoms with van der Waals surface area (Å²) in [5.74, 6) is 0.852. The van der Waals surface area contributed by atoms with Crippen molar-refractivity contribution in [3.05, 3.63) is 70.0 Å². The highest BCUT2D eigenvalue weighted by molar-refractivity contribution is 9.10. The molecule has 0 aliphatic heterocycles. The van der Waals surface area contributed by atoms with E-state index in [4.69, 9.17) is 4.42 Å². The van der Waals surface area contributed by atoms with Crippen LogP contribution in [0.3, 0.4) is 0 Å². The summed E-state index contributed by atoms with van der Waals surface area (Å²) in [5.41, 5.74) is 2.63. The summed E-state index contributed by atoms with van der Waals surface area (Å²) < 4.78 is 6.42. The summed E-state index contributed by atoms with van der Waals surface area (Å²) in [6.07, 6.45) is 0.481. The lowest BCUT2D eigenvalue weighted by molar-refractivity contribution is 0.0953. The van der Waals surface area contributed by atoms with Crippen LogP contribution in [0.1, 0.15) is 21.8 Å². The number of rotatable bonds is 5. The van der Waals surface area contributed by atoms with Crippen LogP contribution in [0.2, 0.25) is 0 Å². The van der Waals surface area contributed by atoms with Gasteiger partial charge in [-0.05, 0) is 47.1 Å². The fourth-order valence-corrected chi connectivity index (χ4v) is 2.74. The zero-order valence-electron chi connectivity index (χ0n) is 13.1. The molecule has 3 rings (SSSR count). The van der Waals surface area contributed by atoms with E-state index in [0.29, 0.717) is 30.3 Å². The molecule has 1 heterocycles. The topological polar surface area (TPSA) is 68.0 Å².